The number of aliphatic hydroxyl groups is 1. The molecule has 30 heavy (non-hydrogen) atoms. The summed E-state index contributed by atoms with van der Waals surface area (Å²) in [6.07, 6.45) is 1.04. The van der Waals surface area contributed by atoms with E-state index in [-0.39, 0.29) is 5.91 Å². The lowest BCUT2D eigenvalue weighted by molar-refractivity contribution is -0.148. The fourth-order valence-corrected chi connectivity index (χ4v) is 3.55. The molecule has 1 amide bonds. The first-order valence-corrected chi connectivity index (χ1v) is 9.67. The van der Waals surface area contributed by atoms with Crippen LogP contribution < -0.4 is 5.73 Å². The number of nitrogen functional groups attached to an aromatic ring is 1. The Morgan fingerprint density at radius 3 is 2.77 bits per heavy atom. The van der Waals surface area contributed by atoms with Gasteiger partial charge in [0.15, 0.2) is 11.6 Å². The van der Waals surface area contributed by atoms with Gasteiger partial charge in [-0.1, -0.05) is 24.0 Å². The number of nitrogens with two attached hydrogens (primary N) is 1. The Balaban J connectivity index is 1.72. The highest BCUT2D eigenvalue weighted by molar-refractivity contribution is 5.89. The molecule has 1 atom stereocenters. The van der Waals surface area contributed by atoms with Crippen LogP contribution in [0.5, 0.6) is 0 Å². The lowest BCUT2D eigenvalue weighted by Gasteiger charge is -2.32. The van der Waals surface area contributed by atoms with Crippen LogP contribution in [0, 0.1) is 25.7 Å². The third kappa shape index (κ3) is 3.55. The van der Waals surface area contributed by atoms with E-state index < -0.39 is 5.60 Å². The number of carbonyl (C=O) groups excluding carboxylic acids is 1. The number of anilines is 1. The number of rotatable bonds is 1. The Labute approximate surface area is 174 Å². The first-order chi connectivity index (χ1) is 14.3. The zero-order valence-corrected chi connectivity index (χ0v) is 17.1. The largest absolute Gasteiger partial charge is 0.382 e. The van der Waals surface area contributed by atoms with E-state index in [2.05, 4.69) is 31.8 Å². The second-order valence-electron chi connectivity index (χ2n) is 7.51. The highest BCUT2D eigenvalue weighted by atomic mass is 16.3. The highest BCUT2D eigenvalue weighted by Crippen LogP contribution is 2.24. The van der Waals surface area contributed by atoms with E-state index in [1.165, 1.54) is 4.90 Å². The lowest BCUT2D eigenvalue weighted by atomic mass is 9.92. The smallest absolute Gasteiger partial charge is 0.267 e. The molecule has 0 spiro atoms. The van der Waals surface area contributed by atoms with Crippen molar-refractivity contribution in [3.05, 3.63) is 41.3 Å². The van der Waals surface area contributed by atoms with Gasteiger partial charge in [-0.25, -0.2) is 19.9 Å². The Kier molecular flexibility index (Phi) is 4.84. The molecule has 0 saturated carbocycles. The van der Waals surface area contributed by atoms with E-state index in [4.69, 9.17) is 5.73 Å². The molecular weight excluding hydrogens is 380 g/mol. The topological polar surface area (TPSA) is 118 Å². The van der Waals surface area contributed by atoms with Gasteiger partial charge in [0.2, 0.25) is 5.60 Å². The van der Waals surface area contributed by atoms with Crippen molar-refractivity contribution in [2.75, 3.05) is 19.3 Å². The van der Waals surface area contributed by atoms with Gasteiger partial charge in [-0.05, 0) is 38.8 Å². The van der Waals surface area contributed by atoms with Crippen molar-refractivity contribution >= 4 is 22.8 Å². The maximum Gasteiger partial charge on any atom is 0.267 e. The number of carbonyl (C=O) groups is 1. The standard InChI is InChI=1S/C22H22N6O2/c1-13-17-18(19(23)26-14(2)25-17)27-20(24-13)16-7-4-6-15(12-16)8-10-22(30)9-5-11-28(3)21(22)29/h4,6-7,12,30H,5,9,11H2,1-3H3,(H2,23,25,26)/t22-/m1/s1. The molecule has 152 valence electrons. The van der Waals surface area contributed by atoms with E-state index in [1.54, 1.807) is 14.0 Å². The maximum absolute atomic E-state index is 12.3. The Bertz CT molecular complexity index is 1230. The minimum absolute atomic E-state index is 0.308. The van der Waals surface area contributed by atoms with Gasteiger partial charge in [0.25, 0.3) is 5.91 Å². The first kappa shape index (κ1) is 19.7. The SMILES string of the molecule is Cc1nc(N)c2nc(-c3cccc(C#C[C@]4(O)CCCN(C)C4=O)c3)nc(C)c2n1. The van der Waals surface area contributed by atoms with Gasteiger partial charge >= 0.3 is 0 Å². The normalized spacial score (nSPS) is 18.9. The fourth-order valence-electron chi connectivity index (χ4n) is 3.55. The van der Waals surface area contributed by atoms with Gasteiger partial charge in [0.1, 0.15) is 16.9 Å². The Hall–Kier alpha value is -3.57. The second kappa shape index (κ2) is 7.35. The number of benzene rings is 1. The summed E-state index contributed by atoms with van der Waals surface area (Å²) in [6, 6.07) is 7.33. The van der Waals surface area contributed by atoms with Crippen molar-refractivity contribution in [3.63, 3.8) is 0 Å². The van der Waals surface area contributed by atoms with Crippen LogP contribution in [-0.2, 0) is 4.79 Å². The van der Waals surface area contributed by atoms with Crippen LogP contribution in [0.4, 0.5) is 5.82 Å². The Morgan fingerprint density at radius 2 is 1.97 bits per heavy atom. The molecule has 0 bridgehead atoms. The Morgan fingerprint density at radius 1 is 1.17 bits per heavy atom. The van der Waals surface area contributed by atoms with E-state index >= 15 is 0 Å². The van der Waals surface area contributed by atoms with E-state index in [1.807, 2.05) is 31.2 Å². The van der Waals surface area contributed by atoms with Crippen molar-refractivity contribution in [2.24, 2.45) is 0 Å². The molecule has 1 aliphatic rings. The number of aryl methyl sites for hydroxylation is 2. The number of amides is 1. The van der Waals surface area contributed by atoms with Crippen molar-refractivity contribution in [1.29, 1.82) is 0 Å². The van der Waals surface area contributed by atoms with Gasteiger partial charge < -0.3 is 15.7 Å². The number of hydrogen-bond acceptors (Lipinski definition) is 7. The predicted octanol–water partition coefficient (Wildman–Crippen LogP) is 1.62. The van der Waals surface area contributed by atoms with Crippen molar-refractivity contribution in [2.45, 2.75) is 32.3 Å². The summed E-state index contributed by atoms with van der Waals surface area (Å²) < 4.78 is 0. The molecule has 3 heterocycles. The minimum Gasteiger partial charge on any atom is -0.382 e. The summed E-state index contributed by atoms with van der Waals surface area (Å²) >= 11 is 0. The molecule has 0 unspecified atom stereocenters. The third-order valence-electron chi connectivity index (χ3n) is 5.12. The zero-order valence-electron chi connectivity index (χ0n) is 17.1. The quantitative estimate of drug-likeness (QED) is 0.594. The monoisotopic (exact) mass is 402 g/mol. The van der Waals surface area contributed by atoms with Gasteiger partial charge in [0.05, 0.1) is 5.69 Å². The van der Waals surface area contributed by atoms with Gasteiger partial charge in [-0.2, -0.15) is 0 Å². The molecule has 0 radical (unpaired) electrons. The van der Waals surface area contributed by atoms with Crippen molar-refractivity contribution in [1.82, 2.24) is 24.8 Å². The van der Waals surface area contributed by atoms with E-state index in [9.17, 15) is 9.90 Å². The van der Waals surface area contributed by atoms with E-state index in [0.717, 1.165) is 5.56 Å². The lowest BCUT2D eigenvalue weighted by Crippen LogP contribution is -2.51. The third-order valence-corrected chi connectivity index (χ3v) is 5.12. The molecule has 1 aliphatic heterocycles. The van der Waals surface area contributed by atoms with Crippen LogP contribution in [0.15, 0.2) is 24.3 Å². The summed E-state index contributed by atoms with van der Waals surface area (Å²) in [5.74, 6) is 6.69. The number of nitrogens with zero attached hydrogens (tertiary/aromatic N) is 5. The number of likely N-dealkylation sites (N-methyl/N-ethyl adjacent to an activating group) is 1. The zero-order chi connectivity index (χ0) is 21.5. The summed E-state index contributed by atoms with van der Waals surface area (Å²) in [4.78, 5) is 31.5. The van der Waals surface area contributed by atoms with Gasteiger partial charge in [-0.3, -0.25) is 4.79 Å². The number of likely N-dealkylation sites (tertiary alicyclic amines) is 1. The molecule has 1 aromatic carbocycles. The average Bonchev–Trinajstić information content (AvgIpc) is 2.71. The molecular formula is C22H22N6O2. The number of piperidine rings is 1. The van der Waals surface area contributed by atoms with Crippen molar-refractivity contribution in [3.8, 4) is 23.2 Å². The molecule has 8 heteroatoms. The van der Waals surface area contributed by atoms with E-state index in [0.29, 0.717) is 59.1 Å². The number of fused-ring (bicyclic) bond motifs is 1. The maximum atomic E-state index is 12.3. The van der Waals surface area contributed by atoms with Crippen LogP contribution >= 0.6 is 0 Å². The molecule has 1 fully saturated rings. The number of hydrogen-bond donors (Lipinski definition) is 2. The number of aromatic nitrogens is 4. The first-order valence-electron chi connectivity index (χ1n) is 9.67. The summed E-state index contributed by atoms with van der Waals surface area (Å²) in [7, 11) is 1.67. The summed E-state index contributed by atoms with van der Waals surface area (Å²) in [5.41, 5.74) is 7.62. The highest BCUT2D eigenvalue weighted by Gasteiger charge is 2.39. The predicted molar refractivity (Wildman–Crippen MR) is 113 cm³/mol. The fraction of sp³-hybridized carbons (Fsp3) is 0.318. The van der Waals surface area contributed by atoms with Gasteiger partial charge in [-0.15, -0.1) is 0 Å². The summed E-state index contributed by atoms with van der Waals surface area (Å²) in [6.45, 7) is 4.25. The molecule has 2 aromatic heterocycles. The summed E-state index contributed by atoms with van der Waals surface area (Å²) in [5, 5.41) is 10.6. The molecule has 3 N–H and O–H groups in total. The molecule has 1 saturated heterocycles. The van der Waals surface area contributed by atoms with Crippen LogP contribution in [-0.4, -0.2) is 55.0 Å². The minimum atomic E-state index is -1.65. The second-order valence-corrected chi connectivity index (χ2v) is 7.51. The molecule has 8 nitrogen and oxygen atoms in total. The van der Waals surface area contributed by atoms with Crippen LogP contribution in [0.2, 0.25) is 0 Å². The van der Waals surface area contributed by atoms with Crippen LogP contribution in [0.1, 0.15) is 29.9 Å². The van der Waals surface area contributed by atoms with Crippen LogP contribution in [0.3, 0.4) is 0 Å². The molecule has 3 aromatic rings. The molecule has 0 aliphatic carbocycles. The van der Waals surface area contributed by atoms with Crippen LogP contribution in [0.25, 0.3) is 22.4 Å². The van der Waals surface area contributed by atoms with Crippen molar-refractivity contribution < 1.29 is 9.90 Å². The molecule has 4 rings (SSSR count). The average molecular weight is 402 g/mol. The van der Waals surface area contributed by atoms with Gasteiger partial charge in [0, 0.05) is 24.7 Å².